The number of carbonyl (C=O) groups is 1. The Kier molecular flexibility index (Phi) is 7.18. The highest BCUT2D eigenvalue weighted by molar-refractivity contribution is 7.90. The maximum absolute atomic E-state index is 16.3. The maximum Gasteiger partial charge on any atom is 0.277 e. The Hall–Kier alpha value is -4.72. The van der Waals surface area contributed by atoms with E-state index < -0.39 is 48.9 Å². The number of sulfone groups is 1. The molecule has 3 aromatic heterocycles. The summed E-state index contributed by atoms with van der Waals surface area (Å²) >= 11 is 0. The lowest BCUT2D eigenvalue weighted by Crippen LogP contribution is -2.61. The van der Waals surface area contributed by atoms with Crippen LogP contribution in [0.1, 0.15) is 61.7 Å². The first kappa shape index (κ1) is 31.5. The number of halogens is 2. The van der Waals surface area contributed by atoms with Gasteiger partial charge in [-0.05, 0) is 62.8 Å². The molecule has 0 atom stereocenters. The van der Waals surface area contributed by atoms with Crippen LogP contribution >= 0.6 is 0 Å². The molecular formula is C35H34F2N6O5S. The second-order valence-corrected chi connectivity index (χ2v) is 15.8. The van der Waals surface area contributed by atoms with Crippen molar-refractivity contribution in [3.05, 3.63) is 76.6 Å². The summed E-state index contributed by atoms with van der Waals surface area (Å²) < 4.78 is 60.1. The predicted octanol–water partition coefficient (Wildman–Crippen LogP) is 4.60. The summed E-state index contributed by atoms with van der Waals surface area (Å²) in [5, 5.41) is 10.7. The minimum absolute atomic E-state index is 0.0163. The molecule has 0 radical (unpaired) electrons. The number of hydrogen-bond acceptors (Lipinski definition) is 9. The van der Waals surface area contributed by atoms with E-state index in [0.29, 0.717) is 56.1 Å². The number of aromatic hydroxyl groups is 1. The summed E-state index contributed by atoms with van der Waals surface area (Å²) in [6.45, 7) is 5.32. The molecule has 1 aromatic carbocycles. The van der Waals surface area contributed by atoms with Crippen LogP contribution in [0, 0.1) is 17.0 Å². The van der Waals surface area contributed by atoms with Crippen LogP contribution in [-0.2, 0) is 14.6 Å². The summed E-state index contributed by atoms with van der Waals surface area (Å²) in [6, 6.07) is 4.65. The minimum Gasteiger partial charge on any atom is -0.507 e. The van der Waals surface area contributed by atoms with Crippen molar-refractivity contribution >= 4 is 32.5 Å². The van der Waals surface area contributed by atoms with Gasteiger partial charge >= 0.3 is 0 Å². The number of phenols is 1. The number of rotatable bonds is 7. The van der Waals surface area contributed by atoms with Crippen LogP contribution in [0.15, 0.2) is 52.9 Å². The monoisotopic (exact) mass is 688 g/mol. The minimum atomic E-state index is -4.23. The molecule has 0 bridgehead atoms. The van der Waals surface area contributed by atoms with Crippen LogP contribution < -0.4 is 10.5 Å². The van der Waals surface area contributed by atoms with Crippen molar-refractivity contribution in [2.45, 2.75) is 55.3 Å². The lowest BCUT2D eigenvalue weighted by molar-refractivity contribution is -0.139. The van der Waals surface area contributed by atoms with Crippen LogP contribution in [0.25, 0.3) is 28.0 Å². The predicted molar refractivity (Wildman–Crippen MR) is 178 cm³/mol. The lowest BCUT2D eigenvalue weighted by atomic mass is 9.72. The van der Waals surface area contributed by atoms with Crippen LogP contribution in [0.2, 0.25) is 0 Å². The van der Waals surface area contributed by atoms with Crippen molar-refractivity contribution < 1.29 is 27.1 Å². The number of likely N-dealkylation sites (tertiary alicyclic amines) is 1. The van der Waals surface area contributed by atoms with Crippen LogP contribution in [-0.4, -0.2) is 76.3 Å². The highest BCUT2D eigenvalue weighted by atomic mass is 32.2. The number of piperidine rings is 1. The van der Waals surface area contributed by atoms with Gasteiger partial charge in [0.15, 0.2) is 26.2 Å². The van der Waals surface area contributed by atoms with Gasteiger partial charge in [0.25, 0.3) is 5.56 Å². The molecule has 11 nitrogen and oxygen atoms in total. The fraction of sp³-hybridized carbons (Fsp3) is 0.400. The molecule has 14 heteroatoms. The van der Waals surface area contributed by atoms with Crippen molar-refractivity contribution in [1.82, 2.24) is 24.4 Å². The van der Waals surface area contributed by atoms with Gasteiger partial charge in [-0.15, -0.1) is 0 Å². The van der Waals surface area contributed by atoms with Gasteiger partial charge in [0.1, 0.15) is 23.6 Å². The third kappa shape index (κ3) is 5.18. The Balaban J connectivity index is 1.40. The summed E-state index contributed by atoms with van der Waals surface area (Å²) in [5.41, 5.74) is -0.603. The molecule has 2 aliphatic carbocycles. The number of phenolic OH excluding ortho intramolecular Hbond substituents is 1. The summed E-state index contributed by atoms with van der Waals surface area (Å²) in [7, 11) is -4.23. The first-order valence-corrected chi connectivity index (χ1v) is 18.3. The van der Waals surface area contributed by atoms with E-state index in [0.717, 1.165) is 44.1 Å². The van der Waals surface area contributed by atoms with Crippen molar-refractivity contribution in [2.24, 2.45) is 5.41 Å². The highest BCUT2D eigenvalue weighted by Gasteiger charge is 2.47. The lowest BCUT2D eigenvalue weighted by Gasteiger charge is -2.54. The SMILES string of the molecule is C=CC(=O)N1CC2(CCN(c3c(S(C)(=O)=O)c(=O)n(-c4c(C5CC5)ncnc4C4CC4)c4nc(-c5c(O)cccc5F)c(F)cc34)CC2)C1. The van der Waals surface area contributed by atoms with E-state index in [4.69, 9.17) is 0 Å². The molecule has 2 saturated carbocycles. The van der Waals surface area contributed by atoms with Crippen LogP contribution in [0.5, 0.6) is 5.75 Å². The zero-order valence-electron chi connectivity index (χ0n) is 26.8. The summed E-state index contributed by atoms with van der Waals surface area (Å²) in [6.07, 6.45) is 8.16. The maximum atomic E-state index is 16.3. The van der Waals surface area contributed by atoms with E-state index in [9.17, 15) is 23.1 Å². The summed E-state index contributed by atoms with van der Waals surface area (Å²) in [4.78, 5) is 43.7. The van der Waals surface area contributed by atoms with Gasteiger partial charge in [0.05, 0.1) is 28.3 Å². The molecule has 2 saturated heterocycles. The zero-order chi connectivity index (χ0) is 34.4. The van der Waals surface area contributed by atoms with E-state index in [1.54, 1.807) is 9.80 Å². The fourth-order valence-electron chi connectivity index (χ4n) is 7.54. The first-order valence-electron chi connectivity index (χ1n) is 16.4. The van der Waals surface area contributed by atoms with Gasteiger partial charge in [0, 0.05) is 55.1 Å². The molecule has 1 N–H and O–H groups in total. The van der Waals surface area contributed by atoms with Gasteiger partial charge in [-0.2, -0.15) is 0 Å². The molecule has 5 heterocycles. The molecule has 4 aliphatic rings. The number of amides is 1. The number of benzene rings is 1. The van der Waals surface area contributed by atoms with E-state index in [1.807, 2.05) is 0 Å². The van der Waals surface area contributed by atoms with Gasteiger partial charge in [-0.25, -0.2) is 32.2 Å². The number of fused-ring (bicyclic) bond motifs is 1. The number of carbonyl (C=O) groups excluding carboxylic acids is 1. The Morgan fingerprint density at radius 2 is 1.65 bits per heavy atom. The molecule has 4 fully saturated rings. The molecule has 1 amide bonds. The standard InChI is InChI=1S/C35H34F2N6O5S/c1-3-25(45)42-16-35(17-42)11-13-41(14-12-35)30-21-15-23(37)29(26-22(36)5-4-6-24(26)44)40-33(21)43(34(46)32(30)49(2,47)48)31-27(19-7-8-19)38-18-39-28(31)20-9-10-20/h3-6,15,18-20,44H,1,7-14,16-17H2,2H3. The number of pyridine rings is 2. The van der Waals surface area contributed by atoms with Gasteiger partial charge in [-0.1, -0.05) is 12.6 Å². The van der Waals surface area contributed by atoms with Crippen molar-refractivity contribution in [2.75, 3.05) is 37.3 Å². The molecule has 8 rings (SSSR count). The number of aromatic nitrogens is 4. The third-order valence-electron chi connectivity index (χ3n) is 10.3. The summed E-state index contributed by atoms with van der Waals surface area (Å²) in [5.74, 6) is -2.58. The van der Waals surface area contributed by atoms with Crippen LogP contribution in [0.3, 0.4) is 0 Å². The van der Waals surface area contributed by atoms with Gasteiger partial charge < -0.3 is 14.9 Å². The molecule has 254 valence electrons. The van der Waals surface area contributed by atoms with E-state index >= 15 is 8.78 Å². The van der Waals surface area contributed by atoms with E-state index in [2.05, 4.69) is 21.5 Å². The molecule has 4 aromatic rings. The van der Waals surface area contributed by atoms with Crippen molar-refractivity contribution in [1.29, 1.82) is 0 Å². The average Bonchev–Trinajstić information content (AvgIpc) is 3.97. The van der Waals surface area contributed by atoms with E-state index in [-0.39, 0.29) is 39.9 Å². The van der Waals surface area contributed by atoms with Crippen molar-refractivity contribution in [3.8, 4) is 22.7 Å². The Morgan fingerprint density at radius 1 is 1.02 bits per heavy atom. The number of hydrogen-bond donors (Lipinski definition) is 1. The Labute approximate surface area is 280 Å². The Morgan fingerprint density at radius 3 is 2.20 bits per heavy atom. The molecule has 0 unspecified atom stereocenters. The quantitative estimate of drug-likeness (QED) is 0.276. The highest BCUT2D eigenvalue weighted by Crippen LogP contribution is 2.49. The molecular weight excluding hydrogens is 654 g/mol. The van der Waals surface area contributed by atoms with Crippen LogP contribution in [0.4, 0.5) is 14.5 Å². The molecule has 1 spiro atoms. The molecule has 49 heavy (non-hydrogen) atoms. The topological polar surface area (TPSA) is 139 Å². The Bertz CT molecular complexity index is 2200. The average molecular weight is 689 g/mol. The third-order valence-corrected chi connectivity index (χ3v) is 11.5. The van der Waals surface area contributed by atoms with Gasteiger partial charge in [-0.3, -0.25) is 14.2 Å². The normalized spacial score (nSPS) is 18.9. The fourth-order valence-corrected chi connectivity index (χ4v) is 8.54. The second-order valence-electron chi connectivity index (χ2n) is 13.8. The van der Waals surface area contributed by atoms with Crippen molar-refractivity contribution in [3.63, 3.8) is 0 Å². The zero-order valence-corrected chi connectivity index (χ0v) is 27.6. The van der Waals surface area contributed by atoms with Gasteiger partial charge in [0.2, 0.25) is 5.91 Å². The number of anilines is 1. The molecule has 2 aliphatic heterocycles. The first-order chi connectivity index (χ1) is 23.4. The second kappa shape index (κ2) is 11.2. The largest absolute Gasteiger partial charge is 0.507 e. The van der Waals surface area contributed by atoms with E-state index in [1.165, 1.54) is 29.1 Å². The smallest absolute Gasteiger partial charge is 0.277 e. The number of nitrogens with zero attached hydrogens (tertiary/aromatic N) is 6.